The third kappa shape index (κ3) is 1.76. The van der Waals surface area contributed by atoms with Gasteiger partial charge in [0.25, 0.3) is 0 Å². The first kappa shape index (κ1) is 8.81. The Labute approximate surface area is 83.2 Å². The number of anilines is 1. The van der Waals surface area contributed by atoms with Crippen LogP contribution in [0.2, 0.25) is 0 Å². The molecule has 0 aliphatic carbocycles. The van der Waals surface area contributed by atoms with Crippen LogP contribution in [0.4, 0.5) is 5.69 Å². The van der Waals surface area contributed by atoms with Crippen molar-refractivity contribution in [2.24, 2.45) is 0 Å². The molecule has 0 amide bonds. The molecule has 0 saturated carbocycles. The minimum Gasteiger partial charge on any atom is -0.396 e. The van der Waals surface area contributed by atoms with E-state index in [2.05, 4.69) is 17.2 Å². The van der Waals surface area contributed by atoms with E-state index in [4.69, 9.17) is 5.73 Å². The van der Waals surface area contributed by atoms with Gasteiger partial charge in [0.1, 0.15) is 0 Å². The fourth-order valence-electron chi connectivity index (χ4n) is 1.38. The highest BCUT2D eigenvalue weighted by molar-refractivity contribution is 5.39. The van der Waals surface area contributed by atoms with E-state index < -0.39 is 0 Å². The number of rotatable bonds is 2. The summed E-state index contributed by atoms with van der Waals surface area (Å²) in [7, 11) is 0. The molecule has 0 fully saturated rings. The lowest BCUT2D eigenvalue weighted by Crippen LogP contribution is -1.99. The van der Waals surface area contributed by atoms with Crippen LogP contribution in [0.25, 0.3) is 0 Å². The Morgan fingerprint density at radius 2 is 2.00 bits per heavy atom. The summed E-state index contributed by atoms with van der Waals surface area (Å²) in [5.74, 6) is 0. The van der Waals surface area contributed by atoms with E-state index >= 15 is 0 Å². The Bertz CT molecular complexity index is 398. The molecule has 0 unspecified atom stereocenters. The highest BCUT2D eigenvalue weighted by Gasteiger charge is 2.00. The Morgan fingerprint density at radius 3 is 2.57 bits per heavy atom. The van der Waals surface area contributed by atoms with Crippen LogP contribution in [0.5, 0.6) is 0 Å². The lowest BCUT2D eigenvalue weighted by Gasteiger charge is -2.00. The van der Waals surface area contributed by atoms with Gasteiger partial charge in [-0.2, -0.15) is 5.10 Å². The van der Waals surface area contributed by atoms with E-state index in [1.54, 1.807) is 0 Å². The molecule has 1 aromatic heterocycles. The van der Waals surface area contributed by atoms with Crippen molar-refractivity contribution in [1.29, 1.82) is 0 Å². The van der Waals surface area contributed by atoms with Crippen LogP contribution in [-0.2, 0) is 6.54 Å². The van der Waals surface area contributed by atoms with E-state index in [1.165, 1.54) is 5.56 Å². The van der Waals surface area contributed by atoms with E-state index in [9.17, 15) is 0 Å². The standard InChI is InChI=1S/C11H13N3/c1-9-11(12)8-14(13-9)7-10-5-3-2-4-6-10/h2-6,8H,7,12H2,1H3. The third-order valence-corrected chi connectivity index (χ3v) is 2.17. The zero-order chi connectivity index (χ0) is 9.97. The first-order chi connectivity index (χ1) is 6.75. The number of nitrogens with two attached hydrogens (primary N) is 1. The highest BCUT2D eigenvalue weighted by atomic mass is 15.3. The normalized spacial score (nSPS) is 10.4. The van der Waals surface area contributed by atoms with Gasteiger partial charge in [0, 0.05) is 6.20 Å². The molecule has 0 aliphatic heterocycles. The SMILES string of the molecule is Cc1nn(Cc2ccccc2)cc1N. The Hall–Kier alpha value is -1.77. The molecule has 2 rings (SSSR count). The lowest BCUT2D eigenvalue weighted by atomic mass is 10.2. The van der Waals surface area contributed by atoms with Gasteiger partial charge in [0.15, 0.2) is 0 Å². The summed E-state index contributed by atoms with van der Waals surface area (Å²) < 4.78 is 1.86. The van der Waals surface area contributed by atoms with Gasteiger partial charge < -0.3 is 5.73 Å². The van der Waals surface area contributed by atoms with Gasteiger partial charge in [-0.25, -0.2) is 0 Å². The van der Waals surface area contributed by atoms with Gasteiger partial charge in [0.05, 0.1) is 17.9 Å². The predicted octanol–water partition coefficient (Wildman–Crippen LogP) is 1.82. The second-order valence-corrected chi connectivity index (χ2v) is 3.35. The summed E-state index contributed by atoms with van der Waals surface area (Å²) in [6, 6.07) is 10.2. The molecule has 0 saturated heterocycles. The van der Waals surface area contributed by atoms with Crippen molar-refractivity contribution in [3.63, 3.8) is 0 Å². The number of nitrogens with zero attached hydrogens (tertiary/aromatic N) is 2. The summed E-state index contributed by atoms with van der Waals surface area (Å²) in [5.41, 5.74) is 8.58. The molecule has 3 nitrogen and oxygen atoms in total. The van der Waals surface area contributed by atoms with Crippen LogP contribution >= 0.6 is 0 Å². The number of hydrogen-bond donors (Lipinski definition) is 1. The minimum atomic E-state index is 0.751. The molecule has 0 spiro atoms. The molecule has 1 aromatic carbocycles. The monoisotopic (exact) mass is 187 g/mol. The molecule has 3 heteroatoms. The van der Waals surface area contributed by atoms with Crippen molar-refractivity contribution in [3.8, 4) is 0 Å². The fraction of sp³-hybridized carbons (Fsp3) is 0.182. The van der Waals surface area contributed by atoms with Crippen LogP contribution in [0, 0.1) is 6.92 Å². The van der Waals surface area contributed by atoms with Crippen molar-refractivity contribution in [2.45, 2.75) is 13.5 Å². The largest absolute Gasteiger partial charge is 0.396 e. The van der Waals surface area contributed by atoms with E-state index in [-0.39, 0.29) is 0 Å². The predicted molar refractivity (Wildman–Crippen MR) is 56.9 cm³/mol. The quantitative estimate of drug-likeness (QED) is 0.779. The molecule has 0 bridgehead atoms. The second kappa shape index (κ2) is 3.54. The zero-order valence-electron chi connectivity index (χ0n) is 8.14. The van der Waals surface area contributed by atoms with Gasteiger partial charge in [-0.1, -0.05) is 30.3 Å². The molecule has 1 heterocycles. The molecule has 14 heavy (non-hydrogen) atoms. The smallest absolute Gasteiger partial charge is 0.0823 e. The maximum Gasteiger partial charge on any atom is 0.0823 e. The average Bonchev–Trinajstić information content (AvgIpc) is 2.47. The summed E-state index contributed by atoms with van der Waals surface area (Å²) >= 11 is 0. The van der Waals surface area contributed by atoms with Crippen molar-refractivity contribution < 1.29 is 0 Å². The molecular formula is C11H13N3. The van der Waals surface area contributed by atoms with Gasteiger partial charge in [0.2, 0.25) is 0 Å². The van der Waals surface area contributed by atoms with E-state index in [0.29, 0.717) is 0 Å². The van der Waals surface area contributed by atoms with Crippen molar-refractivity contribution in [3.05, 3.63) is 47.8 Å². The van der Waals surface area contributed by atoms with Crippen molar-refractivity contribution in [2.75, 3.05) is 5.73 Å². The number of benzene rings is 1. The Kier molecular flexibility index (Phi) is 2.23. The van der Waals surface area contributed by atoms with Crippen LogP contribution in [0.15, 0.2) is 36.5 Å². The second-order valence-electron chi connectivity index (χ2n) is 3.35. The summed E-state index contributed by atoms with van der Waals surface area (Å²) in [6.45, 7) is 2.69. The maximum absolute atomic E-state index is 5.71. The van der Waals surface area contributed by atoms with Gasteiger partial charge in [-0.05, 0) is 12.5 Å². The summed E-state index contributed by atoms with van der Waals surface area (Å²) in [6.07, 6.45) is 1.86. The highest BCUT2D eigenvalue weighted by Crippen LogP contribution is 2.08. The topological polar surface area (TPSA) is 43.8 Å². The Balaban J connectivity index is 2.19. The number of hydrogen-bond acceptors (Lipinski definition) is 2. The Morgan fingerprint density at radius 1 is 1.29 bits per heavy atom. The maximum atomic E-state index is 5.71. The molecule has 72 valence electrons. The summed E-state index contributed by atoms with van der Waals surface area (Å²) in [4.78, 5) is 0. The van der Waals surface area contributed by atoms with Crippen LogP contribution < -0.4 is 5.73 Å². The van der Waals surface area contributed by atoms with Gasteiger partial charge >= 0.3 is 0 Å². The zero-order valence-corrected chi connectivity index (χ0v) is 8.14. The number of aromatic nitrogens is 2. The first-order valence-corrected chi connectivity index (χ1v) is 4.59. The fourth-order valence-corrected chi connectivity index (χ4v) is 1.38. The number of nitrogen functional groups attached to an aromatic ring is 1. The molecule has 0 atom stereocenters. The first-order valence-electron chi connectivity index (χ1n) is 4.59. The van der Waals surface area contributed by atoms with Crippen LogP contribution in [0.1, 0.15) is 11.3 Å². The van der Waals surface area contributed by atoms with Crippen LogP contribution in [0.3, 0.4) is 0 Å². The van der Waals surface area contributed by atoms with Crippen molar-refractivity contribution >= 4 is 5.69 Å². The van der Waals surface area contributed by atoms with E-state index in [1.807, 2.05) is 36.0 Å². The molecule has 0 aliphatic rings. The number of aryl methyl sites for hydroxylation is 1. The van der Waals surface area contributed by atoms with Crippen molar-refractivity contribution in [1.82, 2.24) is 9.78 Å². The minimum absolute atomic E-state index is 0.751. The lowest BCUT2D eigenvalue weighted by molar-refractivity contribution is 0.679. The molecular weight excluding hydrogens is 174 g/mol. The summed E-state index contributed by atoms with van der Waals surface area (Å²) in [5, 5.41) is 4.30. The molecule has 2 aromatic rings. The molecule has 0 radical (unpaired) electrons. The van der Waals surface area contributed by atoms with Gasteiger partial charge in [-0.3, -0.25) is 4.68 Å². The van der Waals surface area contributed by atoms with Crippen LogP contribution in [-0.4, -0.2) is 9.78 Å². The molecule has 2 N–H and O–H groups in total. The van der Waals surface area contributed by atoms with E-state index in [0.717, 1.165) is 17.9 Å². The average molecular weight is 187 g/mol. The van der Waals surface area contributed by atoms with Gasteiger partial charge in [-0.15, -0.1) is 0 Å². The third-order valence-electron chi connectivity index (χ3n) is 2.17.